The van der Waals surface area contributed by atoms with Gasteiger partial charge >= 0.3 is 20.1 Å². The predicted octanol–water partition coefficient (Wildman–Crippen LogP) is 10.0. The number of rotatable bonds is 3. The summed E-state index contributed by atoms with van der Waals surface area (Å²) >= 11 is 0. The molecule has 4 heterocycles. The number of benzene rings is 5. The Morgan fingerprint density at radius 2 is 1.43 bits per heavy atom. The Hall–Kier alpha value is -4.96. The van der Waals surface area contributed by atoms with Crippen molar-refractivity contribution in [3.63, 3.8) is 0 Å². The fourth-order valence-electron chi connectivity index (χ4n) is 6.17. The Bertz CT molecular complexity index is 2340. The molecule has 0 saturated heterocycles. The zero-order valence-corrected chi connectivity index (χ0v) is 28.2. The second kappa shape index (κ2) is 12.1. The summed E-state index contributed by atoms with van der Waals surface area (Å²) in [4.78, 5) is 8.66. The summed E-state index contributed by atoms with van der Waals surface area (Å²) in [5.41, 5.74) is 11.7. The Kier molecular flexibility index (Phi) is 7.82. The molecule has 5 aromatic carbocycles. The van der Waals surface area contributed by atoms with Gasteiger partial charge < -0.3 is 19.2 Å². The van der Waals surface area contributed by atoms with Gasteiger partial charge in [-0.2, -0.15) is 0 Å². The van der Waals surface area contributed by atoms with E-state index in [1.54, 1.807) is 0 Å². The van der Waals surface area contributed by atoms with Crippen molar-refractivity contribution in [3.05, 3.63) is 163 Å². The number of nitrogens with zero attached hydrogens (tertiary/aromatic N) is 4. The Balaban J connectivity index is 0.000000180. The Morgan fingerprint density at radius 1 is 0.674 bits per heavy atom. The van der Waals surface area contributed by atoms with E-state index in [0.29, 0.717) is 0 Å². The number of hydrogen-bond donors (Lipinski definition) is 0. The number of fused-ring (bicyclic) bond motifs is 6. The van der Waals surface area contributed by atoms with Gasteiger partial charge in [0.1, 0.15) is 0 Å². The summed E-state index contributed by atoms with van der Waals surface area (Å²) in [5.74, 6) is 0. The second-order valence-electron chi connectivity index (χ2n) is 11.7. The van der Waals surface area contributed by atoms with Crippen molar-refractivity contribution in [2.24, 2.45) is 0 Å². The summed E-state index contributed by atoms with van der Waals surface area (Å²) in [7, 11) is 0. The number of hydrogen-bond acceptors (Lipinski definition) is 3. The fourth-order valence-corrected chi connectivity index (χ4v) is 6.17. The molecule has 0 amide bonds. The van der Waals surface area contributed by atoms with Crippen molar-refractivity contribution in [2.45, 2.75) is 20.8 Å². The molecule has 0 N–H and O–H groups in total. The van der Waals surface area contributed by atoms with Crippen LogP contribution >= 0.6 is 0 Å². The van der Waals surface area contributed by atoms with Gasteiger partial charge in [0, 0.05) is 28.3 Å². The van der Waals surface area contributed by atoms with Gasteiger partial charge in [-0.05, 0) is 66.6 Å². The molecule has 0 bridgehead atoms. The Labute approximate surface area is 282 Å². The average molecular weight is 772 g/mol. The smallest absolute Gasteiger partial charge is 0.495 e. The van der Waals surface area contributed by atoms with Gasteiger partial charge in [0.15, 0.2) is 0 Å². The monoisotopic (exact) mass is 772 g/mol. The maximum atomic E-state index is 4.41. The van der Waals surface area contributed by atoms with Crippen LogP contribution < -0.4 is 9.80 Å². The second-order valence-corrected chi connectivity index (χ2v) is 11.7. The Morgan fingerprint density at radius 3 is 2.24 bits per heavy atom. The molecule has 8 aromatic rings. The van der Waals surface area contributed by atoms with E-state index in [1.807, 2.05) is 18.3 Å². The largest absolute Gasteiger partial charge is 3.00 e. The quantitative estimate of drug-likeness (QED) is 0.167. The van der Waals surface area contributed by atoms with Crippen molar-refractivity contribution >= 4 is 49.5 Å². The SMILES string of the molecule is Cc1c[c-]c(-c2cc(C)c(C)cn2)cc1.[Ir+3].[c-]1c(N2C=CN(c3ccccc3)[CH-]2)ccc2c1c1cccc3c4ccccc4n2c13. The molecule has 3 aromatic heterocycles. The first-order chi connectivity index (χ1) is 22.0. The van der Waals surface area contributed by atoms with Crippen LogP contribution in [0.2, 0.25) is 0 Å². The van der Waals surface area contributed by atoms with Gasteiger partial charge in [-0.25, -0.2) is 0 Å². The van der Waals surface area contributed by atoms with E-state index in [4.69, 9.17) is 0 Å². The van der Waals surface area contributed by atoms with E-state index in [9.17, 15) is 0 Å². The first-order valence-electron chi connectivity index (χ1n) is 15.2. The van der Waals surface area contributed by atoms with Crippen molar-refractivity contribution in [2.75, 3.05) is 9.80 Å². The van der Waals surface area contributed by atoms with Crippen LogP contribution in [0.4, 0.5) is 11.4 Å². The molecule has 0 unspecified atom stereocenters. The molecule has 0 aliphatic carbocycles. The van der Waals surface area contributed by atoms with Crippen LogP contribution in [0.5, 0.6) is 0 Å². The van der Waals surface area contributed by atoms with Gasteiger partial charge in [-0.3, -0.25) is 0 Å². The summed E-state index contributed by atoms with van der Waals surface area (Å²) < 4.78 is 2.38. The van der Waals surface area contributed by atoms with Gasteiger partial charge in [0.25, 0.3) is 0 Å². The molecule has 9 rings (SSSR count). The summed E-state index contributed by atoms with van der Waals surface area (Å²) in [6.45, 7) is 8.34. The van der Waals surface area contributed by atoms with E-state index < -0.39 is 0 Å². The maximum absolute atomic E-state index is 4.41. The molecule has 224 valence electrons. The molecule has 0 radical (unpaired) electrons. The van der Waals surface area contributed by atoms with E-state index in [1.165, 1.54) is 54.8 Å². The molecule has 1 aliphatic heterocycles. The molecular weight excluding hydrogens is 741 g/mol. The van der Waals surface area contributed by atoms with Crippen LogP contribution in [-0.4, -0.2) is 9.38 Å². The minimum atomic E-state index is 0. The number of aromatic nitrogens is 2. The van der Waals surface area contributed by atoms with E-state index in [2.05, 4.69) is 168 Å². The topological polar surface area (TPSA) is 23.8 Å². The van der Waals surface area contributed by atoms with Crippen LogP contribution in [0.25, 0.3) is 49.4 Å². The molecular formula is C41H31IrN4. The third-order valence-corrected chi connectivity index (χ3v) is 8.70. The average Bonchev–Trinajstić information content (AvgIpc) is 3.79. The predicted molar refractivity (Wildman–Crippen MR) is 187 cm³/mol. The van der Waals surface area contributed by atoms with E-state index in [0.717, 1.165) is 22.6 Å². The molecule has 4 nitrogen and oxygen atoms in total. The molecule has 0 saturated carbocycles. The molecule has 0 atom stereocenters. The summed E-state index contributed by atoms with van der Waals surface area (Å²) in [6.07, 6.45) is 6.07. The van der Waals surface area contributed by atoms with E-state index in [-0.39, 0.29) is 20.1 Å². The first kappa shape index (κ1) is 29.7. The number of anilines is 2. The third kappa shape index (κ3) is 5.12. The van der Waals surface area contributed by atoms with Gasteiger partial charge in [-0.1, -0.05) is 84.2 Å². The molecule has 0 fully saturated rings. The standard InChI is InChI=1S/C27H17N3.C14H14N.Ir/c1-2-7-19(8-3-1)28-15-16-29(18-28)20-13-14-26-24(17-20)23-11-6-10-22-21-9-4-5-12-25(21)30(26)27(22)23;1-10-4-6-13(7-5-10)14-8-11(2)12(3)9-15-14;/h1-16,18H;4-6,8-9H,1-3H3;/q-2;-1;+3. The van der Waals surface area contributed by atoms with Gasteiger partial charge in [-0.15, -0.1) is 65.6 Å². The van der Waals surface area contributed by atoms with Gasteiger partial charge in [0.05, 0.1) is 0 Å². The van der Waals surface area contributed by atoms with Crippen molar-refractivity contribution in [1.29, 1.82) is 0 Å². The minimum Gasteiger partial charge on any atom is -0.495 e. The molecule has 1 aliphatic rings. The van der Waals surface area contributed by atoms with Crippen molar-refractivity contribution < 1.29 is 20.1 Å². The number of para-hydroxylation sites is 3. The molecule has 5 heteroatoms. The van der Waals surface area contributed by atoms with Crippen molar-refractivity contribution in [1.82, 2.24) is 9.38 Å². The summed E-state index contributed by atoms with van der Waals surface area (Å²) in [6, 6.07) is 45.2. The van der Waals surface area contributed by atoms with Crippen LogP contribution in [0, 0.1) is 39.6 Å². The minimum absolute atomic E-state index is 0. The van der Waals surface area contributed by atoms with Crippen LogP contribution in [0.3, 0.4) is 0 Å². The van der Waals surface area contributed by atoms with Crippen LogP contribution in [0.1, 0.15) is 16.7 Å². The first-order valence-corrected chi connectivity index (χ1v) is 15.2. The number of aryl methyl sites for hydroxylation is 3. The molecule has 0 spiro atoms. The van der Waals surface area contributed by atoms with Crippen LogP contribution in [0.15, 0.2) is 128 Å². The maximum Gasteiger partial charge on any atom is 3.00 e. The fraction of sp³-hybridized carbons (Fsp3) is 0.0732. The number of pyridine rings is 1. The third-order valence-electron chi connectivity index (χ3n) is 8.70. The summed E-state index contributed by atoms with van der Waals surface area (Å²) in [5, 5.41) is 5.03. The van der Waals surface area contributed by atoms with Crippen LogP contribution in [-0.2, 0) is 20.1 Å². The normalized spacial score (nSPS) is 12.7. The van der Waals surface area contributed by atoms with Gasteiger partial charge in [0.2, 0.25) is 0 Å². The zero-order valence-electron chi connectivity index (χ0n) is 25.8. The molecule has 46 heavy (non-hydrogen) atoms. The van der Waals surface area contributed by atoms with E-state index >= 15 is 0 Å². The zero-order chi connectivity index (χ0) is 30.5. The van der Waals surface area contributed by atoms with Crippen molar-refractivity contribution in [3.8, 4) is 11.3 Å².